The van der Waals surface area contributed by atoms with E-state index >= 15 is 0 Å². The van der Waals surface area contributed by atoms with Gasteiger partial charge in [0.25, 0.3) is 0 Å². The maximum Gasteiger partial charge on any atom is -0.00186 e. The molecule has 0 aromatic carbocycles. The van der Waals surface area contributed by atoms with Crippen molar-refractivity contribution in [2.45, 2.75) is 97.8 Å². The number of allylic oxidation sites excluding steroid dienone is 6. The highest BCUT2D eigenvalue weighted by atomic mass is 15.1. The smallest absolute Gasteiger partial charge is 0.00186 e. The summed E-state index contributed by atoms with van der Waals surface area (Å²) >= 11 is 0. The van der Waals surface area contributed by atoms with Crippen molar-refractivity contribution in [2.24, 2.45) is 0 Å². The van der Waals surface area contributed by atoms with Gasteiger partial charge in [-0.3, -0.25) is 0 Å². The second-order valence-corrected chi connectivity index (χ2v) is 6.97. The lowest BCUT2D eigenvalue weighted by Gasteiger charge is -2.22. The topological polar surface area (TPSA) is 3.24 Å². The second kappa shape index (κ2) is 21.2. The van der Waals surface area contributed by atoms with Gasteiger partial charge in [0.2, 0.25) is 0 Å². The summed E-state index contributed by atoms with van der Waals surface area (Å²) in [5.74, 6) is 0. The van der Waals surface area contributed by atoms with Crippen LogP contribution in [0.25, 0.3) is 0 Å². The average molecular weight is 348 g/mol. The first-order chi connectivity index (χ1) is 12.3. The van der Waals surface area contributed by atoms with Gasteiger partial charge in [-0.15, -0.1) is 0 Å². The van der Waals surface area contributed by atoms with Gasteiger partial charge in [-0.2, -0.15) is 0 Å². The van der Waals surface area contributed by atoms with E-state index in [0.717, 1.165) is 0 Å². The van der Waals surface area contributed by atoms with Crippen LogP contribution in [0.1, 0.15) is 97.8 Å². The van der Waals surface area contributed by atoms with Gasteiger partial charge in [-0.1, -0.05) is 57.2 Å². The Balaban J connectivity index is 3.92. The Bertz CT molecular complexity index is 275. The van der Waals surface area contributed by atoms with Gasteiger partial charge in [0, 0.05) is 0 Å². The van der Waals surface area contributed by atoms with Gasteiger partial charge < -0.3 is 4.90 Å². The number of hydrogen-bond acceptors (Lipinski definition) is 1. The lowest BCUT2D eigenvalue weighted by molar-refractivity contribution is 0.258. The molecule has 0 rings (SSSR count). The number of rotatable bonds is 18. The Morgan fingerprint density at radius 1 is 0.440 bits per heavy atom. The fourth-order valence-corrected chi connectivity index (χ4v) is 2.98. The Morgan fingerprint density at radius 2 is 0.760 bits per heavy atom. The Morgan fingerprint density at radius 3 is 1.04 bits per heavy atom. The minimum atomic E-state index is 1.17. The third kappa shape index (κ3) is 19.4. The van der Waals surface area contributed by atoms with E-state index < -0.39 is 0 Å². The number of nitrogens with zero attached hydrogens (tertiary/aromatic N) is 1. The molecule has 0 amide bonds. The SMILES string of the molecule is CC/C=C/CCCCN(CCCC/C=C/CC)CCCC/C=C/CC. The molecule has 0 aliphatic heterocycles. The van der Waals surface area contributed by atoms with E-state index in [-0.39, 0.29) is 0 Å². The fourth-order valence-electron chi connectivity index (χ4n) is 2.98. The number of unbranched alkanes of at least 4 members (excludes halogenated alkanes) is 6. The molecule has 0 spiro atoms. The van der Waals surface area contributed by atoms with Crippen molar-refractivity contribution < 1.29 is 0 Å². The third-order valence-electron chi connectivity index (χ3n) is 4.49. The maximum absolute atomic E-state index is 2.72. The van der Waals surface area contributed by atoms with Gasteiger partial charge in [0.15, 0.2) is 0 Å². The molecule has 0 bridgehead atoms. The first-order valence-corrected chi connectivity index (χ1v) is 11.0. The molecule has 0 heterocycles. The molecule has 0 aliphatic rings. The first-order valence-electron chi connectivity index (χ1n) is 11.0. The molecule has 0 saturated heterocycles. The van der Waals surface area contributed by atoms with Crippen LogP contribution in [0.5, 0.6) is 0 Å². The van der Waals surface area contributed by atoms with Crippen LogP contribution < -0.4 is 0 Å². The Hall–Kier alpha value is -0.820. The summed E-state index contributed by atoms with van der Waals surface area (Å²) in [5.41, 5.74) is 0. The summed E-state index contributed by atoms with van der Waals surface area (Å²) in [6.45, 7) is 10.5. The molecule has 0 atom stereocenters. The van der Waals surface area contributed by atoms with E-state index in [1.807, 2.05) is 0 Å². The molecule has 146 valence electrons. The highest BCUT2D eigenvalue weighted by Crippen LogP contribution is 2.07. The van der Waals surface area contributed by atoms with Crippen molar-refractivity contribution >= 4 is 0 Å². The molecular formula is C24H45N. The molecule has 0 aliphatic carbocycles. The van der Waals surface area contributed by atoms with E-state index in [0.29, 0.717) is 0 Å². The zero-order valence-corrected chi connectivity index (χ0v) is 17.5. The Kier molecular flexibility index (Phi) is 20.5. The predicted octanol–water partition coefficient (Wildman–Crippen LogP) is 7.70. The molecule has 0 radical (unpaired) electrons. The van der Waals surface area contributed by atoms with Crippen molar-refractivity contribution in [3.05, 3.63) is 36.5 Å². The highest BCUT2D eigenvalue weighted by molar-refractivity contribution is 4.81. The lowest BCUT2D eigenvalue weighted by atomic mass is 10.1. The minimum absolute atomic E-state index is 1.17. The van der Waals surface area contributed by atoms with Crippen LogP contribution in [-0.4, -0.2) is 24.5 Å². The molecule has 0 aromatic heterocycles. The van der Waals surface area contributed by atoms with Crippen molar-refractivity contribution in [1.29, 1.82) is 0 Å². The van der Waals surface area contributed by atoms with Gasteiger partial charge in [-0.25, -0.2) is 0 Å². The fraction of sp³-hybridized carbons (Fsp3) is 0.750. The average Bonchev–Trinajstić information content (AvgIpc) is 2.63. The van der Waals surface area contributed by atoms with Crippen molar-refractivity contribution in [1.82, 2.24) is 4.90 Å². The van der Waals surface area contributed by atoms with E-state index in [4.69, 9.17) is 0 Å². The summed E-state index contributed by atoms with van der Waals surface area (Å²) in [7, 11) is 0. The molecule has 25 heavy (non-hydrogen) atoms. The van der Waals surface area contributed by atoms with Crippen LogP contribution in [0.2, 0.25) is 0 Å². The maximum atomic E-state index is 2.72. The summed E-state index contributed by atoms with van der Waals surface area (Å²) in [4.78, 5) is 2.72. The van der Waals surface area contributed by atoms with Crippen LogP contribution in [-0.2, 0) is 0 Å². The summed E-state index contributed by atoms with van der Waals surface area (Å²) in [6.07, 6.45) is 29.3. The molecule has 0 aromatic rings. The standard InChI is InChI=1S/C24H45N/c1-4-7-10-13-16-19-22-25(23-20-17-14-11-8-5-2)24-21-18-15-12-9-6-3/h7-12H,4-6,13-24H2,1-3H3/b10-7+,11-8+,12-9+. The van der Waals surface area contributed by atoms with Crippen LogP contribution in [0, 0.1) is 0 Å². The molecular weight excluding hydrogens is 302 g/mol. The molecule has 0 fully saturated rings. The van der Waals surface area contributed by atoms with E-state index in [9.17, 15) is 0 Å². The van der Waals surface area contributed by atoms with Gasteiger partial charge in [0.1, 0.15) is 0 Å². The molecule has 0 unspecified atom stereocenters. The van der Waals surface area contributed by atoms with E-state index in [2.05, 4.69) is 62.1 Å². The summed E-state index contributed by atoms with van der Waals surface area (Å²) in [5, 5.41) is 0. The van der Waals surface area contributed by atoms with Crippen molar-refractivity contribution in [3.8, 4) is 0 Å². The normalized spacial score (nSPS) is 12.5. The quantitative estimate of drug-likeness (QED) is 0.181. The van der Waals surface area contributed by atoms with Crippen molar-refractivity contribution in [3.63, 3.8) is 0 Å². The predicted molar refractivity (Wildman–Crippen MR) is 116 cm³/mol. The zero-order chi connectivity index (χ0) is 18.4. The second-order valence-electron chi connectivity index (χ2n) is 6.97. The van der Waals surface area contributed by atoms with Crippen LogP contribution in [0.3, 0.4) is 0 Å². The van der Waals surface area contributed by atoms with Gasteiger partial charge >= 0.3 is 0 Å². The van der Waals surface area contributed by atoms with Crippen molar-refractivity contribution in [2.75, 3.05) is 19.6 Å². The Labute approximate surface area is 159 Å². The minimum Gasteiger partial charge on any atom is -0.303 e. The van der Waals surface area contributed by atoms with E-state index in [1.165, 1.54) is 96.7 Å². The summed E-state index contributed by atoms with van der Waals surface area (Å²) in [6, 6.07) is 0. The largest absolute Gasteiger partial charge is 0.303 e. The van der Waals surface area contributed by atoms with Crippen LogP contribution >= 0.6 is 0 Å². The lowest BCUT2D eigenvalue weighted by Crippen LogP contribution is -2.27. The third-order valence-corrected chi connectivity index (χ3v) is 4.49. The van der Waals surface area contributed by atoms with Gasteiger partial charge in [-0.05, 0) is 96.7 Å². The summed E-state index contributed by atoms with van der Waals surface area (Å²) < 4.78 is 0. The molecule has 1 nitrogen and oxygen atoms in total. The molecule has 1 heteroatoms. The first kappa shape index (κ1) is 24.2. The highest BCUT2D eigenvalue weighted by Gasteiger charge is 2.04. The van der Waals surface area contributed by atoms with Crippen LogP contribution in [0.4, 0.5) is 0 Å². The molecule has 0 saturated carbocycles. The van der Waals surface area contributed by atoms with E-state index in [1.54, 1.807) is 0 Å². The monoisotopic (exact) mass is 347 g/mol. The number of hydrogen-bond donors (Lipinski definition) is 0. The van der Waals surface area contributed by atoms with Crippen LogP contribution in [0.15, 0.2) is 36.5 Å². The molecule has 0 N–H and O–H groups in total. The van der Waals surface area contributed by atoms with Gasteiger partial charge in [0.05, 0.1) is 0 Å². The zero-order valence-electron chi connectivity index (χ0n) is 17.5.